The molecule has 0 aliphatic carbocycles. The lowest BCUT2D eigenvalue weighted by molar-refractivity contribution is 0.157. The molecule has 3 atom stereocenters. The summed E-state index contributed by atoms with van der Waals surface area (Å²) in [6, 6.07) is -0.0285. The smallest absolute Gasteiger partial charge is 0.263 e. The predicted octanol–water partition coefficient (Wildman–Crippen LogP) is 2.13. The van der Waals surface area contributed by atoms with Gasteiger partial charge in [0.05, 0.1) is 6.33 Å². The van der Waals surface area contributed by atoms with Crippen molar-refractivity contribution >= 4 is 21.6 Å². The van der Waals surface area contributed by atoms with Crippen molar-refractivity contribution in [3.05, 3.63) is 11.5 Å². The normalized spacial score (nSPS) is 29.6. The van der Waals surface area contributed by atoms with Crippen LogP contribution in [0.3, 0.4) is 0 Å². The fourth-order valence-electron chi connectivity index (χ4n) is 2.66. The SMILES string of the molecule is CC1CC(C)C(C)N(S(=O)(=O)c2ncn(C)c2Cl)C1. The maximum atomic E-state index is 12.7. The van der Waals surface area contributed by atoms with Gasteiger partial charge in [-0.15, -0.1) is 0 Å². The van der Waals surface area contributed by atoms with Crippen molar-refractivity contribution in [3.63, 3.8) is 0 Å². The van der Waals surface area contributed by atoms with E-state index < -0.39 is 10.0 Å². The number of halogens is 1. The van der Waals surface area contributed by atoms with Gasteiger partial charge in [-0.05, 0) is 25.2 Å². The number of rotatable bonds is 2. The first-order valence-corrected chi connectivity index (χ1v) is 8.25. The molecule has 0 radical (unpaired) electrons. The Hall–Kier alpha value is -0.590. The molecule has 108 valence electrons. The number of nitrogens with zero attached hydrogens (tertiary/aromatic N) is 3. The molecule has 0 spiro atoms. The second kappa shape index (κ2) is 5.07. The lowest BCUT2D eigenvalue weighted by Gasteiger charge is -2.39. The van der Waals surface area contributed by atoms with Crippen LogP contribution in [0.15, 0.2) is 11.4 Å². The zero-order valence-corrected chi connectivity index (χ0v) is 13.2. The van der Waals surface area contributed by atoms with Gasteiger partial charge in [0.15, 0.2) is 0 Å². The molecule has 1 aromatic heterocycles. The third-order valence-electron chi connectivity index (χ3n) is 3.93. The van der Waals surface area contributed by atoms with Gasteiger partial charge in [-0.3, -0.25) is 0 Å². The molecule has 1 aromatic rings. The molecule has 0 aromatic carbocycles. The molecule has 1 aliphatic rings. The molecule has 5 nitrogen and oxygen atoms in total. The van der Waals surface area contributed by atoms with Crippen LogP contribution in [0.5, 0.6) is 0 Å². The van der Waals surface area contributed by atoms with Crippen LogP contribution in [0, 0.1) is 11.8 Å². The Morgan fingerprint density at radius 1 is 1.37 bits per heavy atom. The molecular formula is C12H20ClN3O2S. The van der Waals surface area contributed by atoms with Gasteiger partial charge < -0.3 is 4.57 Å². The highest BCUT2D eigenvalue weighted by Crippen LogP contribution is 2.32. The summed E-state index contributed by atoms with van der Waals surface area (Å²) in [6.07, 6.45) is 2.47. The van der Waals surface area contributed by atoms with Crippen molar-refractivity contribution in [1.29, 1.82) is 0 Å². The van der Waals surface area contributed by atoms with Crippen LogP contribution in [0.2, 0.25) is 5.15 Å². The number of aryl methyl sites for hydroxylation is 1. The second-order valence-corrected chi connectivity index (χ2v) is 7.75. The minimum absolute atomic E-state index is 0.0285. The minimum atomic E-state index is -3.62. The Balaban J connectivity index is 2.41. The Labute approximate surface area is 119 Å². The molecule has 0 bridgehead atoms. The van der Waals surface area contributed by atoms with E-state index in [0.717, 1.165) is 6.42 Å². The number of hydrogen-bond acceptors (Lipinski definition) is 3. The van der Waals surface area contributed by atoms with Crippen molar-refractivity contribution in [1.82, 2.24) is 13.9 Å². The number of aromatic nitrogens is 2. The van der Waals surface area contributed by atoms with E-state index in [4.69, 9.17) is 11.6 Å². The maximum absolute atomic E-state index is 12.7. The summed E-state index contributed by atoms with van der Waals surface area (Å²) in [6.45, 7) is 6.64. The van der Waals surface area contributed by atoms with Crippen LogP contribution in [-0.4, -0.2) is 34.9 Å². The molecule has 0 saturated carbocycles. The largest absolute Gasteiger partial charge is 0.324 e. The van der Waals surface area contributed by atoms with E-state index in [9.17, 15) is 8.42 Å². The minimum Gasteiger partial charge on any atom is -0.324 e. The Morgan fingerprint density at radius 2 is 2.00 bits per heavy atom. The van der Waals surface area contributed by atoms with E-state index in [1.807, 2.05) is 6.92 Å². The molecule has 0 amide bonds. The van der Waals surface area contributed by atoms with Crippen LogP contribution >= 0.6 is 11.6 Å². The summed E-state index contributed by atoms with van der Waals surface area (Å²) >= 11 is 6.03. The highest BCUT2D eigenvalue weighted by molar-refractivity contribution is 7.89. The lowest BCUT2D eigenvalue weighted by atomic mass is 9.88. The zero-order valence-electron chi connectivity index (χ0n) is 11.7. The quantitative estimate of drug-likeness (QED) is 0.841. The fourth-order valence-corrected chi connectivity index (χ4v) is 4.90. The van der Waals surface area contributed by atoms with E-state index in [2.05, 4.69) is 18.8 Å². The lowest BCUT2D eigenvalue weighted by Crippen LogP contribution is -2.48. The molecule has 1 fully saturated rings. The van der Waals surface area contributed by atoms with Gasteiger partial charge in [-0.1, -0.05) is 25.4 Å². The first kappa shape index (κ1) is 14.8. The molecule has 2 rings (SSSR count). The van der Waals surface area contributed by atoms with Crippen molar-refractivity contribution in [2.24, 2.45) is 18.9 Å². The number of hydrogen-bond donors (Lipinski definition) is 0. The van der Waals surface area contributed by atoms with Gasteiger partial charge in [0.1, 0.15) is 5.15 Å². The van der Waals surface area contributed by atoms with Gasteiger partial charge in [-0.25, -0.2) is 13.4 Å². The van der Waals surface area contributed by atoms with Crippen molar-refractivity contribution in [2.75, 3.05) is 6.54 Å². The highest BCUT2D eigenvalue weighted by atomic mass is 35.5. The second-order valence-electron chi connectivity index (χ2n) is 5.58. The van der Waals surface area contributed by atoms with Crippen LogP contribution < -0.4 is 0 Å². The average Bonchev–Trinajstić information content (AvgIpc) is 2.65. The van der Waals surface area contributed by atoms with E-state index in [1.165, 1.54) is 10.9 Å². The van der Waals surface area contributed by atoms with Gasteiger partial charge in [-0.2, -0.15) is 4.31 Å². The Morgan fingerprint density at radius 3 is 2.53 bits per heavy atom. The van der Waals surface area contributed by atoms with Crippen LogP contribution in [0.25, 0.3) is 0 Å². The van der Waals surface area contributed by atoms with Crippen molar-refractivity contribution in [2.45, 2.75) is 38.3 Å². The molecule has 19 heavy (non-hydrogen) atoms. The predicted molar refractivity (Wildman–Crippen MR) is 74.5 cm³/mol. The summed E-state index contributed by atoms with van der Waals surface area (Å²) in [5, 5.41) is 0.128. The number of imidazole rings is 1. The van der Waals surface area contributed by atoms with Gasteiger partial charge in [0.2, 0.25) is 5.03 Å². The highest BCUT2D eigenvalue weighted by Gasteiger charge is 2.39. The molecule has 1 aliphatic heterocycles. The summed E-state index contributed by atoms with van der Waals surface area (Å²) in [4.78, 5) is 3.95. The first-order chi connectivity index (χ1) is 8.75. The van der Waals surface area contributed by atoms with Crippen LogP contribution in [-0.2, 0) is 17.1 Å². The van der Waals surface area contributed by atoms with E-state index >= 15 is 0 Å². The van der Waals surface area contributed by atoms with Crippen molar-refractivity contribution in [3.8, 4) is 0 Å². The number of sulfonamides is 1. The topological polar surface area (TPSA) is 55.2 Å². The summed E-state index contributed by atoms with van der Waals surface area (Å²) in [7, 11) is -1.94. The summed E-state index contributed by atoms with van der Waals surface area (Å²) < 4.78 is 28.4. The summed E-state index contributed by atoms with van der Waals surface area (Å²) in [5.41, 5.74) is 0. The monoisotopic (exact) mass is 305 g/mol. The first-order valence-electron chi connectivity index (χ1n) is 6.43. The van der Waals surface area contributed by atoms with E-state index in [-0.39, 0.29) is 16.2 Å². The average molecular weight is 306 g/mol. The summed E-state index contributed by atoms with van der Waals surface area (Å²) in [5.74, 6) is 0.685. The fraction of sp³-hybridized carbons (Fsp3) is 0.750. The maximum Gasteiger partial charge on any atom is 0.263 e. The third kappa shape index (κ3) is 2.53. The Kier molecular flexibility index (Phi) is 3.95. The molecule has 1 saturated heterocycles. The van der Waals surface area contributed by atoms with Crippen LogP contribution in [0.4, 0.5) is 0 Å². The van der Waals surface area contributed by atoms with E-state index in [0.29, 0.717) is 18.4 Å². The zero-order chi connectivity index (χ0) is 14.4. The number of piperidine rings is 1. The molecule has 3 unspecified atom stereocenters. The molecule has 7 heteroatoms. The van der Waals surface area contributed by atoms with Gasteiger partial charge in [0.25, 0.3) is 10.0 Å². The standard InChI is InChI=1S/C12H20ClN3O2S/c1-8-5-9(2)10(3)16(6-8)19(17,18)12-11(13)15(4)7-14-12/h7-10H,5-6H2,1-4H3. The Bertz CT molecular complexity index is 570. The van der Waals surface area contributed by atoms with E-state index in [1.54, 1.807) is 11.4 Å². The van der Waals surface area contributed by atoms with Gasteiger partial charge in [0, 0.05) is 19.6 Å². The van der Waals surface area contributed by atoms with Crippen LogP contribution in [0.1, 0.15) is 27.2 Å². The van der Waals surface area contributed by atoms with Gasteiger partial charge >= 0.3 is 0 Å². The molecular weight excluding hydrogens is 286 g/mol. The molecule has 0 N–H and O–H groups in total. The third-order valence-corrected chi connectivity index (χ3v) is 6.38. The van der Waals surface area contributed by atoms with Crippen molar-refractivity contribution < 1.29 is 8.42 Å². The molecule has 2 heterocycles.